The smallest absolute Gasteiger partial charge is 0.302 e. The van der Waals surface area contributed by atoms with Crippen molar-refractivity contribution in [2.24, 2.45) is 46.3 Å². The molecule has 4 unspecified atom stereocenters. The van der Waals surface area contributed by atoms with Crippen LogP contribution in [0.5, 0.6) is 0 Å². The van der Waals surface area contributed by atoms with Crippen LogP contribution in [0, 0.1) is 46.3 Å². The molecule has 0 N–H and O–H groups in total. The quantitative estimate of drug-likeness (QED) is 0.607. The van der Waals surface area contributed by atoms with Gasteiger partial charge in [0.1, 0.15) is 11.9 Å². The van der Waals surface area contributed by atoms with Crippen molar-refractivity contribution in [3.8, 4) is 0 Å². The van der Waals surface area contributed by atoms with Crippen LogP contribution in [0.15, 0.2) is 0 Å². The van der Waals surface area contributed by atoms with Gasteiger partial charge in [0, 0.05) is 25.2 Å². The average molecular weight is 375 g/mol. The summed E-state index contributed by atoms with van der Waals surface area (Å²) in [7, 11) is 0. The molecule has 0 aliphatic heterocycles. The molecule has 0 aromatic heterocycles. The third-order valence-corrected chi connectivity index (χ3v) is 9.92. The molecule has 4 rings (SSSR count). The molecule has 0 aromatic rings. The molecular formula is C24H38O3. The van der Waals surface area contributed by atoms with Gasteiger partial charge in [0.2, 0.25) is 0 Å². The zero-order valence-corrected chi connectivity index (χ0v) is 17.9. The van der Waals surface area contributed by atoms with Gasteiger partial charge in [-0.1, -0.05) is 34.1 Å². The Bertz CT molecular complexity index is 627. The second kappa shape index (κ2) is 6.59. The molecule has 3 nitrogen and oxygen atoms in total. The molecule has 0 aromatic carbocycles. The van der Waals surface area contributed by atoms with Crippen LogP contribution < -0.4 is 0 Å². The fourth-order valence-electron chi connectivity index (χ4n) is 8.51. The third kappa shape index (κ3) is 2.74. The van der Waals surface area contributed by atoms with Crippen LogP contribution in [-0.4, -0.2) is 17.9 Å². The van der Waals surface area contributed by atoms with Crippen molar-refractivity contribution in [3.05, 3.63) is 0 Å². The monoisotopic (exact) mass is 374 g/mol. The molecule has 4 aliphatic rings. The molecule has 3 heteroatoms. The highest BCUT2D eigenvalue weighted by atomic mass is 16.5. The van der Waals surface area contributed by atoms with Crippen molar-refractivity contribution in [3.63, 3.8) is 0 Å². The second-order valence-electron chi connectivity index (χ2n) is 10.8. The molecule has 4 saturated carbocycles. The Balaban J connectivity index is 1.67. The predicted octanol–water partition coefficient (Wildman–Crippen LogP) is 5.41. The SMILES string of the molecule is CCC1CC(OC(C)=O)[C@@]2(C)CC[C@@H]3[C@@H](CCC4CC(=O)CC(C)[C@@]43C)[C@H]12. The minimum absolute atomic E-state index is 0.0989. The van der Waals surface area contributed by atoms with E-state index in [9.17, 15) is 9.59 Å². The van der Waals surface area contributed by atoms with E-state index in [0.717, 1.165) is 31.1 Å². The van der Waals surface area contributed by atoms with E-state index < -0.39 is 0 Å². The summed E-state index contributed by atoms with van der Waals surface area (Å²) < 4.78 is 5.88. The Morgan fingerprint density at radius 3 is 2.59 bits per heavy atom. The predicted molar refractivity (Wildman–Crippen MR) is 106 cm³/mol. The first-order valence-corrected chi connectivity index (χ1v) is 11.4. The van der Waals surface area contributed by atoms with Crippen LogP contribution in [0.2, 0.25) is 0 Å². The van der Waals surface area contributed by atoms with Gasteiger partial charge in [0.05, 0.1) is 0 Å². The van der Waals surface area contributed by atoms with E-state index in [1.807, 2.05) is 0 Å². The second-order valence-corrected chi connectivity index (χ2v) is 10.8. The lowest BCUT2D eigenvalue weighted by atomic mass is 9.42. The molecule has 0 heterocycles. The number of Topliss-reactive ketones (excluding diaryl/α,β-unsaturated/α-hetero) is 1. The Kier molecular flexibility index (Phi) is 4.75. The molecular weight excluding hydrogens is 336 g/mol. The van der Waals surface area contributed by atoms with E-state index in [1.54, 1.807) is 6.92 Å². The lowest BCUT2D eigenvalue weighted by molar-refractivity contribution is -0.168. The van der Waals surface area contributed by atoms with Gasteiger partial charge in [-0.05, 0) is 73.0 Å². The van der Waals surface area contributed by atoms with Crippen molar-refractivity contribution in [1.29, 1.82) is 0 Å². The number of hydrogen-bond donors (Lipinski definition) is 0. The van der Waals surface area contributed by atoms with Gasteiger partial charge in [-0.3, -0.25) is 9.59 Å². The Hall–Kier alpha value is -0.860. The lowest BCUT2D eigenvalue weighted by Gasteiger charge is -2.62. The maximum Gasteiger partial charge on any atom is 0.302 e. The van der Waals surface area contributed by atoms with Gasteiger partial charge < -0.3 is 4.74 Å². The van der Waals surface area contributed by atoms with Crippen molar-refractivity contribution in [1.82, 2.24) is 0 Å². The number of carbonyl (C=O) groups excluding carboxylic acids is 2. The molecule has 0 radical (unpaired) electrons. The van der Waals surface area contributed by atoms with E-state index in [-0.39, 0.29) is 17.5 Å². The Labute approximate surface area is 165 Å². The van der Waals surface area contributed by atoms with Gasteiger partial charge in [0.25, 0.3) is 0 Å². The first kappa shape index (κ1) is 19.5. The zero-order valence-electron chi connectivity index (χ0n) is 17.9. The fourth-order valence-corrected chi connectivity index (χ4v) is 8.51. The summed E-state index contributed by atoms with van der Waals surface area (Å²) >= 11 is 0. The van der Waals surface area contributed by atoms with Crippen LogP contribution in [0.4, 0.5) is 0 Å². The highest BCUT2D eigenvalue weighted by molar-refractivity contribution is 5.80. The lowest BCUT2D eigenvalue weighted by Crippen LogP contribution is -2.57. The van der Waals surface area contributed by atoms with E-state index in [0.29, 0.717) is 34.9 Å². The van der Waals surface area contributed by atoms with Crippen LogP contribution in [0.25, 0.3) is 0 Å². The summed E-state index contributed by atoms with van der Waals surface area (Å²) in [5.74, 6) is 4.30. The summed E-state index contributed by atoms with van der Waals surface area (Å²) in [6, 6.07) is 0. The largest absolute Gasteiger partial charge is 0.462 e. The number of ketones is 1. The maximum absolute atomic E-state index is 12.3. The highest BCUT2D eigenvalue weighted by Crippen LogP contribution is 2.68. The van der Waals surface area contributed by atoms with Crippen LogP contribution in [0.3, 0.4) is 0 Å². The number of fused-ring (bicyclic) bond motifs is 5. The molecule has 152 valence electrons. The van der Waals surface area contributed by atoms with Crippen LogP contribution in [-0.2, 0) is 14.3 Å². The van der Waals surface area contributed by atoms with Crippen molar-refractivity contribution >= 4 is 11.8 Å². The van der Waals surface area contributed by atoms with Gasteiger partial charge in [-0.2, -0.15) is 0 Å². The minimum Gasteiger partial charge on any atom is -0.462 e. The van der Waals surface area contributed by atoms with Gasteiger partial charge >= 0.3 is 5.97 Å². The average Bonchev–Trinajstić information content (AvgIpc) is 2.88. The maximum atomic E-state index is 12.3. The molecule has 0 amide bonds. The van der Waals surface area contributed by atoms with Gasteiger partial charge in [-0.25, -0.2) is 0 Å². The third-order valence-electron chi connectivity index (χ3n) is 9.92. The molecule has 0 bridgehead atoms. The van der Waals surface area contributed by atoms with E-state index in [4.69, 9.17) is 4.74 Å². The fraction of sp³-hybridized carbons (Fsp3) is 0.917. The van der Waals surface area contributed by atoms with Crippen molar-refractivity contribution in [2.45, 2.75) is 92.1 Å². The number of ether oxygens (including phenoxy) is 1. The van der Waals surface area contributed by atoms with Gasteiger partial charge in [-0.15, -0.1) is 0 Å². The van der Waals surface area contributed by atoms with Crippen molar-refractivity contribution in [2.75, 3.05) is 0 Å². The molecule has 4 fully saturated rings. The molecule has 0 spiro atoms. The molecule has 4 aliphatic carbocycles. The molecule has 0 saturated heterocycles. The highest BCUT2D eigenvalue weighted by Gasteiger charge is 2.64. The standard InChI is InChI=1S/C24H38O3/c1-6-16-12-21(27-15(3)25)23(4)10-9-20-19(22(16)23)8-7-17-13-18(26)11-14(2)24(17,20)5/h14,16-17,19-22H,6-13H2,1-5H3/t14?,16?,17?,19-,20-,21?,22+,23-,24+/m1/s1. The van der Waals surface area contributed by atoms with Crippen LogP contribution >= 0.6 is 0 Å². The summed E-state index contributed by atoms with van der Waals surface area (Å²) in [5, 5.41) is 0. The minimum atomic E-state index is -0.117. The number of carbonyl (C=O) groups is 2. The zero-order chi connectivity index (χ0) is 19.6. The topological polar surface area (TPSA) is 43.4 Å². The number of esters is 1. The van der Waals surface area contributed by atoms with E-state index in [1.165, 1.54) is 32.1 Å². The summed E-state index contributed by atoms with van der Waals surface area (Å²) in [6.45, 7) is 11.2. The van der Waals surface area contributed by atoms with Crippen LogP contribution in [0.1, 0.15) is 86.0 Å². The number of hydrogen-bond acceptors (Lipinski definition) is 3. The number of rotatable bonds is 2. The summed E-state index contributed by atoms with van der Waals surface area (Å²) in [6.07, 6.45) is 8.85. The summed E-state index contributed by atoms with van der Waals surface area (Å²) in [4.78, 5) is 24.0. The Morgan fingerprint density at radius 2 is 1.93 bits per heavy atom. The first-order chi connectivity index (χ1) is 12.7. The summed E-state index contributed by atoms with van der Waals surface area (Å²) in [5.41, 5.74) is 0.459. The Morgan fingerprint density at radius 1 is 1.19 bits per heavy atom. The van der Waals surface area contributed by atoms with Gasteiger partial charge in [0.15, 0.2) is 0 Å². The molecule has 27 heavy (non-hydrogen) atoms. The molecule has 9 atom stereocenters. The van der Waals surface area contributed by atoms with Crippen molar-refractivity contribution < 1.29 is 14.3 Å². The first-order valence-electron chi connectivity index (χ1n) is 11.4. The van der Waals surface area contributed by atoms with E-state index in [2.05, 4.69) is 27.7 Å². The van der Waals surface area contributed by atoms with E-state index >= 15 is 0 Å². The normalized spacial score (nSPS) is 51.9.